The first-order valence-corrected chi connectivity index (χ1v) is 7.69. The third kappa shape index (κ3) is 4.02. The zero-order chi connectivity index (χ0) is 16.1. The van der Waals surface area contributed by atoms with Crippen molar-refractivity contribution in [2.24, 2.45) is 0 Å². The van der Waals surface area contributed by atoms with Crippen molar-refractivity contribution in [1.29, 1.82) is 0 Å². The Bertz CT molecular complexity index is 667. The van der Waals surface area contributed by atoms with E-state index in [1.165, 1.54) is 0 Å². The molecule has 1 amide bonds. The number of aryl methyl sites for hydroxylation is 1. The second-order valence-corrected chi connectivity index (χ2v) is 5.43. The molecule has 1 N–H and O–H groups in total. The Labute approximate surface area is 135 Å². The number of rotatable bonds is 3. The molecule has 2 aromatic rings. The van der Waals surface area contributed by atoms with E-state index in [4.69, 9.17) is 9.47 Å². The van der Waals surface area contributed by atoms with Crippen LogP contribution in [0.1, 0.15) is 5.56 Å². The molecule has 0 radical (unpaired) electrons. The number of amides is 1. The SMILES string of the molecule is Cc1ccc(N2CCOCC2)cc1NC(=O)Oc1ccccc1. The van der Waals surface area contributed by atoms with E-state index < -0.39 is 6.09 Å². The maximum absolute atomic E-state index is 12.1. The van der Waals surface area contributed by atoms with E-state index in [-0.39, 0.29) is 0 Å². The molecule has 0 bridgehead atoms. The Hall–Kier alpha value is -2.53. The third-order valence-corrected chi connectivity index (χ3v) is 3.79. The van der Waals surface area contributed by atoms with E-state index in [1.54, 1.807) is 12.1 Å². The fourth-order valence-electron chi connectivity index (χ4n) is 2.49. The summed E-state index contributed by atoms with van der Waals surface area (Å²) >= 11 is 0. The second-order valence-electron chi connectivity index (χ2n) is 5.43. The zero-order valence-electron chi connectivity index (χ0n) is 13.1. The summed E-state index contributed by atoms with van der Waals surface area (Å²) in [5.74, 6) is 0.520. The number of hydrogen-bond donors (Lipinski definition) is 1. The fourth-order valence-corrected chi connectivity index (χ4v) is 2.49. The molecule has 0 unspecified atom stereocenters. The number of para-hydroxylation sites is 1. The second kappa shape index (κ2) is 7.15. The molecular weight excluding hydrogens is 292 g/mol. The average molecular weight is 312 g/mol. The highest BCUT2D eigenvalue weighted by Crippen LogP contribution is 2.24. The van der Waals surface area contributed by atoms with Gasteiger partial charge in [0.25, 0.3) is 0 Å². The van der Waals surface area contributed by atoms with Crippen LogP contribution in [0.2, 0.25) is 0 Å². The minimum Gasteiger partial charge on any atom is -0.410 e. The summed E-state index contributed by atoms with van der Waals surface area (Å²) in [6, 6.07) is 15.1. The van der Waals surface area contributed by atoms with E-state index in [9.17, 15) is 4.79 Å². The number of morpholine rings is 1. The molecule has 5 heteroatoms. The van der Waals surface area contributed by atoms with Gasteiger partial charge < -0.3 is 14.4 Å². The van der Waals surface area contributed by atoms with Gasteiger partial charge >= 0.3 is 6.09 Å². The smallest absolute Gasteiger partial charge is 0.410 e. The van der Waals surface area contributed by atoms with Gasteiger partial charge in [0, 0.05) is 24.5 Å². The lowest BCUT2D eigenvalue weighted by molar-refractivity contribution is 0.122. The van der Waals surface area contributed by atoms with Crippen LogP contribution in [0.4, 0.5) is 16.2 Å². The first-order chi connectivity index (χ1) is 11.2. The maximum Gasteiger partial charge on any atom is 0.417 e. The molecule has 0 atom stereocenters. The molecule has 2 aromatic carbocycles. The number of anilines is 2. The van der Waals surface area contributed by atoms with Crippen molar-refractivity contribution >= 4 is 17.5 Å². The van der Waals surface area contributed by atoms with Crippen LogP contribution in [0.5, 0.6) is 5.75 Å². The van der Waals surface area contributed by atoms with Crippen molar-refractivity contribution in [1.82, 2.24) is 0 Å². The number of ether oxygens (including phenoxy) is 2. The van der Waals surface area contributed by atoms with Crippen LogP contribution in [0.15, 0.2) is 48.5 Å². The molecule has 1 aliphatic heterocycles. The van der Waals surface area contributed by atoms with Gasteiger partial charge in [-0.15, -0.1) is 0 Å². The molecule has 120 valence electrons. The highest BCUT2D eigenvalue weighted by molar-refractivity contribution is 5.88. The number of nitrogens with zero attached hydrogens (tertiary/aromatic N) is 1. The van der Waals surface area contributed by atoms with Gasteiger partial charge in [-0.1, -0.05) is 24.3 Å². The van der Waals surface area contributed by atoms with E-state index in [2.05, 4.69) is 16.3 Å². The van der Waals surface area contributed by atoms with Crippen molar-refractivity contribution in [3.8, 4) is 5.75 Å². The Morgan fingerprint density at radius 1 is 1.13 bits per heavy atom. The summed E-state index contributed by atoms with van der Waals surface area (Å²) in [6.07, 6.45) is -0.488. The lowest BCUT2D eigenvalue weighted by Gasteiger charge is -2.29. The highest BCUT2D eigenvalue weighted by atomic mass is 16.6. The first-order valence-electron chi connectivity index (χ1n) is 7.69. The van der Waals surface area contributed by atoms with E-state index in [0.717, 1.165) is 43.2 Å². The van der Waals surface area contributed by atoms with Crippen LogP contribution in [-0.2, 0) is 4.74 Å². The molecule has 0 aromatic heterocycles. The third-order valence-electron chi connectivity index (χ3n) is 3.79. The maximum atomic E-state index is 12.1. The Morgan fingerprint density at radius 3 is 2.61 bits per heavy atom. The minimum atomic E-state index is -0.488. The van der Waals surface area contributed by atoms with Crippen LogP contribution in [-0.4, -0.2) is 32.4 Å². The number of benzene rings is 2. The standard InChI is InChI=1S/C18H20N2O3/c1-14-7-8-15(20-9-11-22-12-10-20)13-17(14)19-18(21)23-16-5-3-2-4-6-16/h2-8,13H,9-12H2,1H3,(H,19,21). The molecule has 1 fully saturated rings. The summed E-state index contributed by atoms with van der Waals surface area (Å²) in [5, 5.41) is 2.82. The van der Waals surface area contributed by atoms with Crippen LogP contribution in [0.25, 0.3) is 0 Å². The Balaban J connectivity index is 1.70. The Kier molecular flexibility index (Phi) is 4.78. The van der Waals surface area contributed by atoms with Crippen molar-refractivity contribution in [2.45, 2.75) is 6.92 Å². The molecule has 1 saturated heterocycles. The van der Waals surface area contributed by atoms with Gasteiger partial charge in [-0.3, -0.25) is 5.32 Å². The minimum absolute atomic E-state index is 0.488. The van der Waals surface area contributed by atoms with Crippen molar-refractivity contribution in [3.05, 3.63) is 54.1 Å². The van der Waals surface area contributed by atoms with Gasteiger partial charge in [0.05, 0.1) is 13.2 Å². The number of nitrogens with one attached hydrogen (secondary N) is 1. The summed E-state index contributed by atoms with van der Waals surface area (Å²) in [6.45, 7) is 5.13. The fraction of sp³-hybridized carbons (Fsp3) is 0.278. The lowest BCUT2D eigenvalue weighted by Crippen LogP contribution is -2.36. The van der Waals surface area contributed by atoms with E-state index >= 15 is 0 Å². The molecule has 23 heavy (non-hydrogen) atoms. The van der Waals surface area contributed by atoms with Gasteiger partial charge in [-0.05, 0) is 36.8 Å². The largest absolute Gasteiger partial charge is 0.417 e. The predicted octanol–water partition coefficient (Wildman–Crippen LogP) is 3.44. The van der Waals surface area contributed by atoms with Crippen molar-refractivity contribution in [2.75, 3.05) is 36.5 Å². The molecule has 0 spiro atoms. The first kappa shape index (κ1) is 15.4. The van der Waals surface area contributed by atoms with Crippen LogP contribution >= 0.6 is 0 Å². The monoisotopic (exact) mass is 312 g/mol. The number of carbonyl (C=O) groups is 1. The molecule has 3 rings (SSSR count). The zero-order valence-corrected chi connectivity index (χ0v) is 13.1. The molecule has 0 saturated carbocycles. The van der Waals surface area contributed by atoms with E-state index in [0.29, 0.717) is 5.75 Å². The summed E-state index contributed by atoms with van der Waals surface area (Å²) in [4.78, 5) is 14.3. The summed E-state index contributed by atoms with van der Waals surface area (Å²) in [5.41, 5.74) is 2.83. The number of carbonyl (C=O) groups excluding carboxylic acids is 1. The van der Waals surface area contributed by atoms with Crippen LogP contribution < -0.4 is 15.0 Å². The molecule has 0 aliphatic carbocycles. The van der Waals surface area contributed by atoms with Gasteiger partial charge in [0.1, 0.15) is 5.75 Å². The van der Waals surface area contributed by atoms with Crippen molar-refractivity contribution in [3.63, 3.8) is 0 Å². The lowest BCUT2D eigenvalue weighted by atomic mass is 10.1. The van der Waals surface area contributed by atoms with E-state index in [1.807, 2.05) is 37.3 Å². The van der Waals surface area contributed by atoms with Crippen molar-refractivity contribution < 1.29 is 14.3 Å². The predicted molar refractivity (Wildman–Crippen MR) is 90.3 cm³/mol. The molecule has 1 heterocycles. The average Bonchev–Trinajstić information content (AvgIpc) is 2.58. The normalized spacial score (nSPS) is 14.4. The van der Waals surface area contributed by atoms with Crippen LogP contribution in [0, 0.1) is 6.92 Å². The molecular formula is C18H20N2O3. The number of hydrogen-bond acceptors (Lipinski definition) is 4. The van der Waals surface area contributed by atoms with Crippen LogP contribution in [0.3, 0.4) is 0 Å². The summed E-state index contributed by atoms with van der Waals surface area (Å²) < 4.78 is 10.6. The van der Waals surface area contributed by atoms with Gasteiger partial charge in [0.15, 0.2) is 0 Å². The molecule has 5 nitrogen and oxygen atoms in total. The van der Waals surface area contributed by atoms with Gasteiger partial charge in [0.2, 0.25) is 0 Å². The summed E-state index contributed by atoms with van der Waals surface area (Å²) in [7, 11) is 0. The van der Waals surface area contributed by atoms with Gasteiger partial charge in [-0.25, -0.2) is 4.79 Å². The highest BCUT2D eigenvalue weighted by Gasteiger charge is 2.13. The topological polar surface area (TPSA) is 50.8 Å². The quantitative estimate of drug-likeness (QED) is 0.943. The Morgan fingerprint density at radius 2 is 1.87 bits per heavy atom. The molecule has 1 aliphatic rings. The van der Waals surface area contributed by atoms with Gasteiger partial charge in [-0.2, -0.15) is 0 Å².